The van der Waals surface area contributed by atoms with E-state index in [9.17, 15) is 0 Å². The standard InChI is InChI=1S/C15H28N2S/c1-2-18-15-6-3-5-14(15)17-10-4-9-16-13(11-17)12-7-8-12/h12-16H,2-11H2,1H3. The van der Waals surface area contributed by atoms with E-state index >= 15 is 0 Å². The molecule has 0 bridgehead atoms. The van der Waals surface area contributed by atoms with Gasteiger partial charge in [0.05, 0.1) is 0 Å². The van der Waals surface area contributed by atoms with Crippen molar-refractivity contribution in [3.8, 4) is 0 Å². The molecule has 18 heavy (non-hydrogen) atoms. The minimum atomic E-state index is 0.806. The van der Waals surface area contributed by atoms with Gasteiger partial charge in [-0.05, 0) is 56.9 Å². The van der Waals surface area contributed by atoms with Gasteiger partial charge in [-0.2, -0.15) is 11.8 Å². The molecule has 3 rings (SSSR count). The average Bonchev–Trinajstić information content (AvgIpc) is 3.15. The van der Waals surface area contributed by atoms with Crippen LogP contribution in [0.1, 0.15) is 45.4 Å². The summed E-state index contributed by atoms with van der Waals surface area (Å²) in [6.45, 7) is 6.23. The molecule has 3 fully saturated rings. The first-order valence-electron chi connectivity index (χ1n) is 7.97. The van der Waals surface area contributed by atoms with Crippen molar-refractivity contribution in [3.05, 3.63) is 0 Å². The molecule has 1 heterocycles. The maximum atomic E-state index is 3.80. The van der Waals surface area contributed by atoms with Crippen LogP contribution in [0.2, 0.25) is 0 Å². The van der Waals surface area contributed by atoms with Crippen LogP contribution in [0.15, 0.2) is 0 Å². The van der Waals surface area contributed by atoms with Crippen molar-refractivity contribution in [2.75, 3.05) is 25.4 Å². The Hall–Kier alpha value is 0.270. The van der Waals surface area contributed by atoms with E-state index in [-0.39, 0.29) is 0 Å². The Labute approximate surface area is 116 Å². The van der Waals surface area contributed by atoms with Gasteiger partial charge in [-0.15, -0.1) is 0 Å². The molecule has 1 aliphatic heterocycles. The van der Waals surface area contributed by atoms with E-state index in [0.717, 1.165) is 23.3 Å². The number of nitrogens with one attached hydrogen (secondary N) is 1. The number of rotatable bonds is 4. The number of hydrogen-bond donors (Lipinski definition) is 1. The van der Waals surface area contributed by atoms with Crippen LogP contribution in [0, 0.1) is 5.92 Å². The highest BCUT2D eigenvalue weighted by Crippen LogP contribution is 2.37. The third-order valence-electron chi connectivity index (χ3n) is 4.92. The van der Waals surface area contributed by atoms with Crippen LogP contribution in [0.3, 0.4) is 0 Å². The Morgan fingerprint density at radius 2 is 2.06 bits per heavy atom. The minimum absolute atomic E-state index is 0.806. The van der Waals surface area contributed by atoms with Crippen LogP contribution in [0.25, 0.3) is 0 Å². The third kappa shape index (κ3) is 3.05. The summed E-state index contributed by atoms with van der Waals surface area (Å²) in [6, 6.07) is 1.69. The molecule has 2 aliphatic carbocycles. The van der Waals surface area contributed by atoms with Crippen molar-refractivity contribution in [1.29, 1.82) is 0 Å². The van der Waals surface area contributed by atoms with Gasteiger partial charge in [-0.25, -0.2) is 0 Å². The maximum absolute atomic E-state index is 3.80. The summed E-state index contributed by atoms with van der Waals surface area (Å²) in [5.74, 6) is 2.29. The summed E-state index contributed by atoms with van der Waals surface area (Å²) >= 11 is 2.21. The van der Waals surface area contributed by atoms with Gasteiger partial charge in [0.2, 0.25) is 0 Å². The summed E-state index contributed by atoms with van der Waals surface area (Å²) in [7, 11) is 0. The molecule has 1 N–H and O–H groups in total. The molecule has 1 saturated heterocycles. The molecular formula is C15H28N2S. The number of thioether (sulfide) groups is 1. The lowest BCUT2D eigenvalue weighted by molar-refractivity contribution is 0.193. The van der Waals surface area contributed by atoms with Gasteiger partial charge in [-0.3, -0.25) is 4.90 Å². The van der Waals surface area contributed by atoms with E-state index in [1.807, 2.05) is 0 Å². The monoisotopic (exact) mass is 268 g/mol. The Morgan fingerprint density at radius 3 is 2.83 bits per heavy atom. The highest BCUT2D eigenvalue weighted by Gasteiger charge is 2.37. The molecule has 3 atom stereocenters. The van der Waals surface area contributed by atoms with Crippen LogP contribution in [0.5, 0.6) is 0 Å². The van der Waals surface area contributed by atoms with Crippen molar-refractivity contribution in [2.24, 2.45) is 5.92 Å². The van der Waals surface area contributed by atoms with Crippen molar-refractivity contribution in [1.82, 2.24) is 10.2 Å². The highest BCUT2D eigenvalue weighted by atomic mass is 32.2. The van der Waals surface area contributed by atoms with Crippen molar-refractivity contribution in [3.63, 3.8) is 0 Å². The molecule has 2 saturated carbocycles. The van der Waals surface area contributed by atoms with Crippen molar-refractivity contribution < 1.29 is 0 Å². The lowest BCUT2D eigenvalue weighted by Gasteiger charge is -2.33. The normalized spacial score (nSPS) is 38.8. The fraction of sp³-hybridized carbons (Fsp3) is 1.00. The van der Waals surface area contributed by atoms with Crippen molar-refractivity contribution >= 4 is 11.8 Å². The first-order chi connectivity index (χ1) is 8.88. The zero-order valence-electron chi connectivity index (χ0n) is 11.7. The van der Waals surface area contributed by atoms with E-state index in [1.165, 1.54) is 63.9 Å². The molecular weight excluding hydrogens is 240 g/mol. The fourth-order valence-corrected chi connectivity index (χ4v) is 5.12. The molecule has 0 aromatic rings. The quantitative estimate of drug-likeness (QED) is 0.844. The van der Waals surface area contributed by atoms with Crippen LogP contribution in [-0.2, 0) is 0 Å². The lowest BCUT2D eigenvalue weighted by atomic mass is 10.1. The summed E-state index contributed by atoms with van der Waals surface area (Å²) in [6.07, 6.45) is 8.67. The second-order valence-corrected chi connectivity index (χ2v) is 7.75. The zero-order chi connectivity index (χ0) is 12.4. The van der Waals surface area contributed by atoms with Crippen LogP contribution in [-0.4, -0.2) is 47.6 Å². The summed E-state index contributed by atoms with van der Waals surface area (Å²) < 4.78 is 0. The Bertz CT molecular complexity index is 267. The van der Waals surface area contributed by atoms with Gasteiger partial charge >= 0.3 is 0 Å². The summed E-state index contributed by atoms with van der Waals surface area (Å²) in [4.78, 5) is 2.85. The SMILES string of the molecule is CCSC1CCCC1N1CCCNC(C2CC2)C1. The van der Waals surface area contributed by atoms with E-state index in [4.69, 9.17) is 0 Å². The summed E-state index contributed by atoms with van der Waals surface area (Å²) in [5.41, 5.74) is 0. The van der Waals surface area contributed by atoms with E-state index < -0.39 is 0 Å². The highest BCUT2D eigenvalue weighted by molar-refractivity contribution is 7.99. The molecule has 2 nitrogen and oxygen atoms in total. The third-order valence-corrected chi connectivity index (χ3v) is 6.23. The van der Waals surface area contributed by atoms with Gasteiger partial charge in [0.15, 0.2) is 0 Å². The van der Waals surface area contributed by atoms with Crippen molar-refractivity contribution in [2.45, 2.75) is 62.8 Å². The topological polar surface area (TPSA) is 15.3 Å². The van der Waals surface area contributed by atoms with Crippen LogP contribution < -0.4 is 5.32 Å². The predicted octanol–water partition coefficient (Wildman–Crippen LogP) is 2.73. The number of nitrogens with zero attached hydrogens (tertiary/aromatic N) is 1. The molecule has 3 aliphatic rings. The smallest absolute Gasteiger partial charge is 0.0223 e. The summed E-state index contributed by atoms with van der Waals surface area (Å²) in [5, 5.41) is 4.72. The second kappa shape index (κ2) is 6.15. The Kier molecular flexibility index (Phi) is 4.53. The molecule has 0 amide bonds. The molecule has 0 spiro atoms. The maximum Gasteiger partial charge on any atom is 0.0223 e. The fourth-order valence-electron chi connectivity index (χ4n) is 3.83. The Morgan fingerprint density at radius 1 is 1.17 bits per heavy atom. The van der Waals surface area contributed by atoms with E-state index in [0.29, 0.717) is 0 Å². The number of hydrogen-bond acceptors (Lipinski definition) is 3. The molecule has 3 unspecified atom stereocenters. The molecule has 0 aromatic heterocycles. The van der Waals surface area contributed by atoms with Gasteiger partial charge < -0.3 is 5.32 Å². The molecule has 0 radical (unpaired) electrons. The van der Waals surface area contributed by atoms with Crippen LogP contribution >= 0.6 is 11.8 Å². The van der Waals surface area contributed by atoms with Gasteiger partial charge in [0.1, 0.15) is 0 Å². The largest absolute Gasteiger partial charge is 0.312 e. The van der Waals surface area contributed by atoms with E-state index in [2.05, 4.69) is 28.9 Å². The predicted molar refractivity (Wildman–Crippen MR) is 80.3 cm³/mol. The van der Waals surface area contributed by atoms with Gasteiger partial charge in [0.25, 0.3) is 0 Å². The lowest BCUT2D eigenvalue weighted by Crippen LogP contribution is -2.45. The van der Waals surface area contributed by atoms with Gasteiger partial charge in [0, 0.05) is 23.9 Å². The van der Waals surface area contributed by atoms with Gasteiger partial charge in [-0.1, -0.05) is 13.3 Å². The first kappa shape index (κ1) is 13.3. The zero-order valence-corrected chi connectivity index (χ0v) is 12.6. The molecule has 0 aromatic carbocycles. The minimum Gasteiger partial charge on any atom is -0.312 e. The first-order valence-corrected chi connectivity index (χ1v) is 9.02. The Balaban J connectivity index is 1.61. The van der Waals surface area contributed by atoms with E-state index in [1.54, 1.807) is 0 Å². The average molecular weight is 268 g/mol. The second-order valence-electron chi connectivity index (χ2n) is 6.24. The molecule has 3 heteroatoms. The molecule has 104 valence electrons. The van der Waals surface area contributed by atoms with Crippen LogP contribution in [0.4, 0.5) is 0 Å².